The highest BCUT2D eigenvalue weighted by molar-refractivity contribution is 5.88. The fraction of sp³-hybridized carbons (Fsp3) is 0.556. The van der Waals surface area contributed by atoms with Crippen LogP contribution >= 0.6 is 0 Å². The first-order chi connectivity index (χ1) is 7.06. The predicted octanol–water partition coefficient (Wildman–Crippen LogP) is -0.411. The molecule has 6 nitrogen and oxygen atoms in total. The van der Waals surface area contributed by atoms with Crippen molar-refractivity contribution in [3.05, 3.63) is 17.5 Å². The molecule has 0 fully saturated rings. The van der Waals surface area contributed by atoms with E-state index in [1.54, 1.807) is 7.05 Å². The number of carboxylic acid groups (broad SMARTS) is 1. The highest BCUT2D eigenvalue weighted by Gasteiger charge is 2.14. The number of aliphatic hydroxyl groups is 1. The second kappa shape index (κ2) is 4.90. The molecule has 6 heteroatoms. The summed E-state index contributed by atoms with van der Waals surface area (Å²) in [6.07, 6.45) is 1.32. The first-order valence-electron chi connectivity index (χ1n) is 4.64. The van der Waals surface area contributed by atoms with Crippen molar-refractivity contribution in [1.82, 2.24) is 15.1 Å². The third kappa shape index (κ3) is 2.77. The number of aryl methyl sites for hydroxylation is 1. The molecule has 0 aromatic carbocycles. The van der Waals surface area contributed by atoms with Gasteiger partial charge in [-0.1, -0.05) is 0 Å². The lowest BCUT2D eigenvalue weighted by molar-refractivity contribution is 0.0695. The largest absolute Gasteiger partial charge is 0.478 e. The standard InChI is InChI=1S/C9H15N3O3/c1-6(5-13)10-4-8-7(9(14)15)3-11-12(8)2/h3,6,10,13H,4-5H2,1-2H3,(H,14,15). The van der Waals surface area contributed by atoms with Gasteiger partial charge in [0, 0.05) is 19.6 Å². The molecular formula is C9H15N3O3. The van der Waals surface area contributed by atoms with Gasteiger partial charge in [-0.15, -0.1) is 0 Å². The van der Waals surface area contributed by atoms with E-state index in [4.69, 9.17) is 10.2 Å². The van der Waals surface area contributed by atoms with Crippen molar-refractivity contribution in [2.45, 2.75) is 19.5 Å². The van der Waals surface area contributed by atoms with Crippen molar-refractivity contribution in [3.8, 4) is 0 Å². The van der Waals surface area contributed by atoms with Crippen molar-refractivity contribution in [2.24, 2.45) is 7.05 Å². The van der Waals surface area contributed by atoms with Crippen LogP contribution in [-0.2, 0) is 13.6 Å². The lowest BCUT2D eigenvalue weighted by Crippen LogP contribution is -2.30. The molecule has 0 aliphatic rings. The number of nitrogens with one attached hydrogen (secondary N) is 1. The zero-order valence-corrected chi connectivity index (χ0v) is 8.77. The molecule has 1 rings (SSSR count). The molecule has 3 N–H and O–H groups in total. The zero-order chi connectivity index (χ0) is 11.4. The average molecular weight is 213 g/mol. The number of nitrogens with zero attached hydrogens (tertiary/aromatic N) is 2. The van der Waals surface area contributed by atoms with Crippen LogP contribution in [0, 0.1) is 0 Å². The van der Waals surface area contributed by atoms with Gasteiger partial charge in [-0.2, -0.15) is 5.10 Å². The molecule has 0 aliphatic carbocycles. The van der Waals surface area contributed by atoms with Crippen LogP contribution in [0.2, 0.25) is 0 Å². The molecule has 0 amide bonds. The van der Waals surface area contributed by atoms with Crippen molar-refractivity contribution < 1.29 is 15.0 Å². The maximum Gasteiger partial charge on any atom is 0.339 e. The quantitative estimate of drug-likeness (QED) is 0.619. The maximum absolute atomic E-state index is 10.8. The van der Waals surface area contributed by atoms with Gasteiger partial charge < -0.3 is 15.5 Å². The fourth-order valence-corrected chi connectivity index (χ4v) is 1.19. The highest BCUT2D eigenvalue weighted by atomic mass is 16.4. The number of aromatic carboxylic acids is 1. The normalized spacial score (nSPS) is 12.7. The van der Waals surface area contributed by atoms with Gasteiger partial charge in [0.1, 0.15) is 5.56 Å². The molecule has 0 radical (unpaired) electrons. The highest BCUT2D eigenvalue weighted by Crippen LogP contribution is 2.07. The van der Waals surface area contributed by atoms with Crippen LogP contribution in [0.1, 0.15) is 23.0 Å². The molecule has 0 spiro atoms. The van der Waals surface area contributed by atoms with Gasteiger partial charge in [-0.3, -0.25) is 4.68 Å². The second-order valence-electron chi connectivity index (χ2n) is 3.40. The summed E-state index contributed by atoms with van der Waals surface area (Å²) in [7, 11) is 1.69. The van der Waals surface area contributed by atoms with Crippen molar-refractivity contribution in [3.63, 3.8) is 0 Å². The van der Waals surface area contributed by atoms with E-state index in [0.717, 1.165) is 0 Å². The Balaban J connectivity index is 2.75. The lowest BCUT2D eigenvalue weighted by atomic mass is 10.2. The molecule has 1 atom stereocenters. The molecule has 0 saturated heterocycles. The molecular weight excluding hydrogens is 198 g/mol. The fourth-order valence-electron chi connectivity index (χ4n) is 1.19. The second-order valence-corrected chi connectivity index (χ2v) is 3.40. The Hall–Kier alpha value is -1.40. The number of hydrogen-bond acceptors (Lipinski definition) is 4. The number of carboxylic acids is 1. The first-order valence-corrected chi connectivity index (χ1v) is 4.64. The summed E-state index contributed by atoms with van der Waals surface area (Å²) in [5.74, 6) is -0.989. The van der Waals surface area contributed by atoms with E-state index < -0.39 is 5.97 Å². The van der Waals surface area contributed by atoms with Crippen LogP contribution in [0.25, 0.3) is 0 Å². The van der Waals surface area contributed by atoms with Gasteiger partial charge in [-0.05, 0) is 6.92 Å². The summed E-state index contributed by atoms with van der Waals surface area (Å²) in [5.41, 5.74) is 0.790. The van der Waals surface area contributed by atoms with Crippen LogP contribution in [-0.4, -0.2) is 38.6 Å². The molecule has 1 aromatic rings. The SMILES string of the molecule is CC(CO)NCc1c(C(=O)O)cnn1C. The van der Waals surface area contributed by atoms with Crippen molar-refractivity contribution in [1.29, 1.82) is 0 Å². The summed E-state index contributed by atoms with van der Waals surface area (Å²) in [4.78, 5) is 10.8. The Morgan fingerprint density at radius 1 is 1.73 bits per heavy atom. The van der Waals surface area contributed by atoms with Gasteiger partial charge in [0.2, 0.25) is 0 Å². The van der Waals surface area contributed by atoms with Crippen molar-refractivity contribution >= 4 is 5.97 Å². The summed E-state index contributed by atoms with van der Waals surface area (Å²) < 4.78 is 1.51. The Kier molecular flexibility index (Phi) is 3.81. The number of aliphatic hydroxyl groups excluding tert-OH is 1. The molecule has 15 heavy (non-hydrogen) atoms. The number of hydrogen-bond donors (Lipinski definition) is 3. The van der Waals surface area contributed by atoms with Crippen LogP contribution in [0.4, 0.5) is 0 Å². The summed E-state index contributed by atoms with van der Waals surface area (Å²) in [6, 6.07) is -0.0680. The summed E-state index contributed by atoms with van der Waals surface area (Å²) in [5, 5.41) is 24.6. The third-order valence-corrected chi connectivity index (χ3v) is 2.18. The first kappa shape index (κ1) is 11.7. The number of aromatic nitrogens is 2. The van der Waals surface area contributed by atoms with Gasteiger partial charge in [0.25, 0.3) is 0 Å². The van der Waals surface area contributed by atoms with E-state index in [2.05, 4.69) is 10.4 Å². The molecule has 1 unspecified atom stereocenters. The molecule has 1 heterocycles. The van der Waals surface area contributed by atoms with Gasteiger partial charge in [0.05, 0.1) is 18.5 Å². The Morgan fingerprint density at radius 2 is 2.40 bits per heavy atom. The minimum absolute atomic E-state index is 0.0141. The van der Waals surface area contributed by atoms with E-state index in [1.807, 2.05) is 6.92 Å². The van der Waals surface area contributed by atoms with Gasteiger partial charge in [0.15, 0.2) is 0 Å². The van der Waals surface area contributed by atoms with E-state index >= 15 is 0 Å². The van der Waals surface area contributed by atoms with E-state index in [0.29, 0.717) is 12.2 Å². The number of rotatable bonds is 5. The Bertz CT molecular complexity index is 348. The van der Waals surface area contributed by atoms with Crippen LogP contribution in [0.15, 0.2) is 6.20 Å². The van der Waals surface area contributed by atoms with E-state index in [9.17, 15) is 4.79 Å². The Morgan fingerprint density at radius 3 is 2.93 bits per heavy atom. The monoisotopic (exact) mass is 213 g/mol. The zero-order valence-electron chi connectivity index (χ0n) is 8.77. The van der Waals surface area contributed by atoms with E-state index in [-0.39, 0.29) is 18.2 Å². The molecule has 84 valence electrons. The average Bonchev–Trinajstić information content (AvgIpc) is 2.56. The smallest absolute Gasteiger partial charge is 0.339 e. The minimum atomic E-state index is -0.989. The molecule has 0 saturated carbocycles. The Labute approximate surface area is 87.5 Å². The summed E-state index contributed by atoms with van der Waals surface area (Å²) in [6.45, 7) is 2.21. The molecule has 0 aliphatic heterocycles. The number of carbonyl (C=O) groups is 1. The van der Waals surface area contributed by atoms with Crippen LogP contribution < -0.4 is 5.32 Å². The van der Waals surface area contributed by atoms with E-state index in [1.165, 1.54) is 10.9 Å². The minimum Gasteiger partial charge on any atom is -0.478 e. The third-order valence-electron chi connectivity index (χ3n) is 2.18. The predicted molar refractivity (Wildman–Crippen MR) is 53.6 cm³/mol. The van der Waals surface area contributed by atoms with Gasteiger partial charge >= 0.3 is 5.97 Å². The molecule has 0 bridgehead atoms. The van der Waals surface area contributed by atoms with Crippen molar-refractivity contribution in [2.75, 3.05) is 6.61 Å². The van der Waals surface area contributed by atoms with Crippen LogP contribution in [0.5, 0.6) is 0 Å². The maximum atomic E-state index is 10.8. The topological polar surface area (TPSA) is 87.4 Å². The molecule has 1 aromatic heterocycles. The van der Waals surface area contributed by atoms with Crippen LogP contribution in [0.3, 0.4) is 0 Å². The lowest BCUT2D eigenvalue weighted by Gasteiger charge is -2.11. The summed E-state index contributed by atoms with van der Waals surface area (Å²) >= 11 is 0. The van der Waals surface area contributed by atoms with Gasteiger partial charge in [-0.25, -0.2) is 4.79 Å².